The minimum absolute atomic E-state index is 0.0237. The van der Waals surface area contributed by atoms with Gasteiger partial charge in [-0.2, -0.15) is 0 Å². The van der Waals surface area contributed by atoms with Crippen LogP contribution in [0.3, 0.4) is 0 Å². The van der Waals surface area contributed by atoms with Gasteiger partial charge in [0.2, 0.25) is 5.91 Å². The van der Waals surface area contributed by atoms with E-state index >= 15 is 0 Å². The van der Waals surface area contributed by atoms with Crippen LogP contribution in [-0.2, 0) is 14.3 Å². The summed E-state index contributed by atoms with van der Waals surface area (Å²) in [6.07, 6.45) is 80.2. The van der Waals surface area contributed by atoms with E-state index in [1.54, 1.807) is 6.08 Å². The number of amides is 1. The Morgan fingerprint density at radius 2 is 0.613 bits per heavy atom. The first-order valence-electron chi connectivity index (χ1n) is 34.5. The normalized spacial score (nSPS) is 12.5. The summed E-state index contributed by atoms with van der Waals surface area (Å²) in [5.41, 5.74) is 0. The van der Waals surface area contributed by atoms with E-state index in [9.17, 15) is 19.8 Å². The first-order valence-corrected chi connectivity index (χ1v) is 34.5. The van der Waals surface area contributed by atoms with Gasteiger partial charge >= 0.3 is 5.97 Å². The van der Waals surface area contributed by atoms with Gasteiger partial charge in [0.1, 0.15) is 0 Å². The zero-order chi connectivity index (χ0) is 54.3. The standard InChI is InChI=1S/C69H135NO5/c1-3-5-7-9-11-13-15-43-47-51-55-59-63-69(74)75-64-60-56-52-48-44-40-38-36-34-32-30-28-26-24-22-20-18-16-17-19-21-23-25-27-29-31-33-35-37-39-42-46-50-54-58-62-68(73)70-66(65-71)67(72)61-57-53-49-45-41-14-12-10-8-6-4-2/h57,61,66-67,71-72H,3-56,58-60,62-65H2,1-2H3,(H,70,73)/b61-57+. The van der Waals surface area contributed by atoms with Gasteiger partial charge < -0.3 is 20.3 Å². The number of unbranched alkanes of at least 4 members (excludes halogenated alkanes) is 54. The summed E-state index contributed by atoms with van der Waals surface area (Å²) in [5, 5.41) is 23.1. The van der Waals surface area contributed by atoms with Gasteiger partial charge in [-0.1, -0.05) is 360 Å². The van der Waals surface area contributed by atoms with Crippen LogP contribution in [0.5, 0.6) is 0 Å². The SMILES string of the molecule is CCCCCCCCCCC/C=C/C(O)C(CO)NC(=O)CCCCCCCCCCCCCCCCCCCCCCCCCCCCCCCCCCCCCOC(=O)CCCCCCCCCCCCCC. The van der Waals surface area contributed by atoms with Crippen LogP contribution in [0.2, 0.25) is 0 Å². The third kappa shape index (κ3) is 61.7. The molecule has 75 heavy (non-hydrogen) atoms. The number of aliphatic hydroxyl groups excluding tert-OH is 2. The highest BCUT2D eigenvalue weighted by Crippen LogP contribution is 2.19. The highest BCUT2D eigenvalue weighted by molar-refractivity contribution is 5.76. The molecular weight excluding hydrogens is 923 g/mol. The fourth-order valence-corrected chi connectivity index (χ4v) is 11.1. The first-order chi connectivity index (χ1) is 37.0. The molecule has 0 aliphatic heterocycles. The van der Waals surface area contributed by atoms with Crippen LogP contribution in [-0.4, -0.2) is 47.4 Å². The van der Waals surface area contributed by atoms with Gasteiger partial charge in [-0.05, 0) is 32.1 Å². The van der Waals surface area contributed by atoms with E-state index in [1.165, 1.54) is 327 Å². The summed E-state index contributed by atoms with van der Waals surface area (Å²) in [6, 6.07) is -0.621. The molecular formula is C69H135NO5. The molecule has 0 aromatic rings. The van der Waals surface area contributed by atoms with Crippen molar-refractivity contribution < 1.29 is 24.5 Å². The minimum Gasteiger partial charge on any atom is -0.466 e. The Hall–Kier alpha value is -1.40. The maximum absolute atomic E-state index is 12.4. The van der Waals surface area contributed by atoms with Crippen molar-refractivity contribution in [3.8, 4) is 0 Å². The van der Waals surface area contributed by atoms with Crippen molar-refractivity contribution in [1.82, 2.24) is 5.32 Å². The Bertz CT molecular complexity index is 1130. The average Bonchev–Trinajstić information content (AvgIpc) is 3.41. The predicted molar refractivity (Wildman–Crippen MR) is 329 cm³/mol. The van der Waals surface area contributed by atoms with Gasteiger partial charge in [0.15, 0.2) is 0 Å². The van der Waals surface area contributed by atoms with Gasteiger partial charge in [-0.3, -0.25) is 9.59 Å². The van der Waals surface area contributed by atoms with Crippen molar-refractivity contribution in [2.75, 3.05) is 13.2 Å². The second-order valence-corrected chi connectivity index (χ2v) is 23.9. The molecule has 0 aromatic carbocycles. The Morgan fingerprint density at radius 1 is 0.360 bits per heavy atom. The van der Waals surface area contributed by atoms with Gasteiger partial charge in [-0.25, -0.2) is 0 Å². The number of hydrogen-bond acceptors (Lipinski definition) is 5. The van der Waals surface area contributed by atoms with Gasteiger partial charge in [0.25, 0.3) is 0 Å². The van der Waals surface area contributed by atoms with Gasteiger partial charge in [0, 0.05) is 12.8 Å². The third-order valence-corrected chi connectivity index (χ3v) is 16.3. The van der Waals surface area contributed by atoms with Crippen LogP contribution in [0, 0.1) is 0 Å². The van der Waals surface area contributed by atoms with E-state index < -0.39 is 12.1 Å². The Morgan fingerprint density at radius 3 is 0.907 bits per heavy atom. The molecule has 6 heteroatoms. The fourth-order valence-electron chi connectivity index (χ4n) is 11.1. The van der Waals surface area contributed by atoms with Crippen molar-refractivity contribution in [3.63, 3.8) is 0 Å². The second-order valence-electron chi connectivity index (χ2n) is 23.9. The van der Waals surface area contributed by atoms with E-state index in [1.807, 2.05) is 6.08 Å². The minimum atomic E-state index is -0.838. The number of carbonyl (C=O) groups excluding carboxylic acids is 2. The number of nitrogens with one attached hydrogen (secondary N) is 1. The maximum atomic E-state index is 12.4. The van der Waals surface area contributed by atoms with E-state index in [2.05, 4.69) is 19.2 Å². The van der Waals surface area contributed by atoms with Crippen LogP contribution in [0.15, 0.2) is 12.2 Å². The lowest BCUT2D eigenvalue weighted by atomic mass is 10.0. The zero-order valence-electron chi connectivity index (χ0n) is 51.1. The maximum Gasteiger partial charge on any atom is 0.305 e. The lowest BCUT2D eigenvalue weighted by Gasteiger charge is -2.20. The summed E-state index contributed by atoms with van der Waals surface area (Å²) < 4.78 is 5.49. The number of esters is 1. The topological polar surface area (TPSA) is 95.9 Å². The first kappa shape index (κ1) is 73.6. The molecule has 6 nitrogen and oxygen atoms in total. The van der Waals surface area contributed by atoms with Gasteiger partial charge in [0.05, 0.1) is 25.4 Å². The lowest BCUT2D eigenvalue weighted by molar-refractivity contribution is -0.143. The molecule has 0 saturated heterocycles. The highest BCUT2D eigenvalue weighted by Gasteiger charge is 2.18. The molecule has 2 atom stereocenters. The van der Waals surface area contributed by atoms with Crippen molar-refractivity contribution in [1.29, 1.82) is 0 Å². The van der Waals surface area contributed by atoms with Crippen molar-refractivity contribution in [2.24, 2.45) is 0 Å². The van der Waals surface area contributed by atoms with Crippen LogP contribution in [0.25, 0.3) is 0 Å². The summed E-state index contributed by atoms with van der Waals surface area (Å²) in [5.74, 6) is -0.0383. The molecule has 0 rings (SSSR count). The largest absolute Gasteiger partial charge is 0.466 e. The number of rotatable bonds is 65. The zero-order valence-corrected chi connectivity index (χ0v) is 51.1. The summed E-state index contributed by atoms with van der Waals surface area (Å²) in [6.45, 7) is 4.92. The number of ether oxygens (including phenoxy) is 1. The lowest BCUT2D eigenvalue weighted by Crippen LogP contribution is -2.45. The van der Waals surface area contributed by atoms with E-state index in [0.29, 0.717) is 19.4 Å². The van der Waals surface area contributed by atoms with Crippen molar-refractivity contribution in [2.45, 2.75) is 405 Å². The molecule has 0 aliphatic rings. The van der Waals surface area contributed by atoms with Crippen LogP contribution in [0.1, 0.15) is 393 Å². The number of carbonyl (C=O) groups is 2. The summed E-state index contributed by atoms with van der Waals surface area (Å²) in [4.78, 5) is 24.5. The molecule has 2 unspecified atom stereocenters. The predicted octanol–water partition coefficient (Wildman–Crippen LogP) is 22.0. The molecule has 3 N–H and O–H groups in total. The molecule has 446 valence electrons. The summed E-state index contributed by atoms with van der Waals surface area (Å²) in [7, 11) is 0. The van der Waals surface area contributed by atoms with Gasteiger partial charge in [-0.15, -0.1) is 0 Å². The molecule has 0 heterocycles. The van der Waals surface area contributed by atoms with E-state index in [-0.39, 0.29) is 18.5 Å². The Kier molecular flexibility index (Phi) is 63.9. The Balaban J connectivity index is 3.29. The number of allylic oxidation sites excluding steroid dienone is 1. The molecule has 0 fully saturated rings. The molecule has 0 saturated carbocycles. The van der Waals surface area contributed by atoms with Crippen LogP contribution in [0.4, 0.5) is 0 Å². The molecule has 0 aromatic heterocycles. The summed E-state index contributed by atoms with van der Waals surface area (Å²) >= 11 is 0. The van der Waals surface area contributed by atoms with E-state index in [0.717, 1.165) is 38.5 Å². The van der Waals surface area contributed by atoms with Crippen molar-refractivity contribution in [3.05, 3.63) is 12.2 Å². The number of hydrogen-bond donors (Lipinski definition) is 3. The number of aliphatic hydroxyl groups is 2. The molecule has 0 bridgehead atoms. The monoisotopic (exact) mass is 1060 g/mol. The molecule has 0 aliphatic carbocycles. The second kappa shape index (κ2) is 65.1. The quantitative estimate of drug-likeness (QED) is 0.0320. The molecule has 0 spiro atoms. The smallest absolute Gasteiger partial charge is 0.305 e. The third-order valence-electron chi connectivity index (χ3n) is 16.3. The molecule has 0 radical (unpaired) electrons. The Labute approximate surface area is 469 Å². The average molecular weight is 1060 g/mol. The molecule has 1 amide bonds. The fraction of sp³-hybridized carbons (Fsp3) is 0.942. The van der Waals surface area contributed by atoms with Crippen LogP contribution >= 0.6 is 0 Å². The highest BCUT2D eigenvalue weighted by atomic mass is 16.5. The van der Waals surface area contributed by atoms with Crippen molar-refractivity contribution >= 4 is 11.9 Å². The van der Waals surface area contributed by atoms with E-state index in [4.69, 9.17) is 4.74 Å². The van der Waals surface area contributed by atoms with Crippen LogP contribution < -0.4 is 5.32 Å².